The molecule has 1 aromatic heterocycles. The summed E-state index contributed by atoms with van der Waals surface area (Å²) in [6, 6.07) is 17.2. The lowest BCUT2D eigenvalue weighted by molar-refractivity contribution is 0.0162. The summed E-state index contributed by atoms with van der Waals surface area (Å²) in [6.07, 6.45) is 1.58. The number of benzene rings is 2. The molecule has 32 heavy (non-hydrogen) atoms. The predicted molar refractivity (Wildman–Crippen MR) is 126 cm³/mol. The third-order valence-corrected chi connectivity index (χ3v) is 5.92. The summed E-state index contributed by atoms with van der Waals surface area (Å²) >= 11 is 0. The van der Waals surface area contributed by atoms with Crippen LogP contribution in [-0.2, 0) is 11.3 Å². The van der Waals surface area contributed by atoms with E-state index in [1.165, 1.54) is 11.1 Å². The lowest BCUT2D eigenvalue weighted by Crippen LogP contribution is -2.42. The number of carbonyl (C=O) groups is 1. The normalized spacial score (nSPS) is 15.2. The maximum Gasteiger partial charge on any atom is 0.410 e. The number of piperidine rings is 1. The zero-order chi connectivity index (χ0) is 22.7. The Morgan fingerprint density at radius 3 is 2.47 bits per heavy atom. The molecule has 3 aromatic rings. The van der Waals surface area contributed by atoms with Crippen LogP contribution < -0.4 is 4.74 Å². The van der Waals surface area contributed by atoms with Crippen molar-refractivity contribution in [2.75, 3.05) is 19.7 Å². The van der Waals surface area contributed by atoms with Crippen LogP contribution in [0.25, 0.3) is 11.0 Å². The molecule has 1 aliphatic rings. The van der Waals surface area contributed by atoms with Crippen LogP contribution in [0.1, 0.15) is 44.7 Å². The zero-order valence-corrected chi connectivity index (χ0v) is 19.5. The molecule has 1 fully saturated rings. The quantitative estimate of drug-likeness (QED) is 0.537. The number of imidazole rings is 1. The molecule has 2 aromatic carbocycles. The standard InChI is InChI=1S/C26H33N3O3/c1-19-9-5-6-10-21(19)17-29-23-12-8-7-11-22(23)27-24(29)31-18-20-13-15-28(16-14-20)25(30)32-26(2,3)4/h5-12,20H,13-18H2,1-4H3. The Morgan fingerprint density at radius 1 is 1.06 bits per heavy atom. The SMILES string of the molecule is Cc1ccccc1Cn1c(OCC2CCN(C(=O)OC(C)(C)C)CC2)nc2ccccc21. The van der Waals surface area contributed by atoms with E-state index in [0.717, 1.165) is 30.4 Å². The Labute approximate surface area is 190 Å². The Bertz CT molecular complexity index is 1080. The molecule has 0 N–H and O–H groups in total. The van der Waals surface area contributed by atoms with Gasteiger partial charge in [-0.15, -0.1) is 0 Å². The highest BCUT2D eigenvalue weighted by molar-refractivity contribution is 5.76. The number of nitrogens with zero attached hydrogens (tertiary/aromatic N) is 3. The number of rotatable bonds is 5. The van der Waals surface area contributed by atoms with Crippen molar-refractivity contribution in [3.8, 4) is 6.01 Å². The number of hydrogen-bond acceptors (Lipinski definition) is 4. The summed E-state index contributed by atoms with van der Waals surface area (Å²) < 4.78 is 13.9. The van der Waals surface area contributed by atoms with Crippen molar-refractivity contribution >= 4 is 17.1 Å². The molecule has 0 unspecified atom stereocenters. The minimum absolute atomic E-state index is 0.225. The Balaban J connectivity index is 1.42. The minimum Gasteiger partial charge on any atom is -0.464 e. The third-order valence-electron chi connectivity index (χ3n) is 5.92. The van der Waals surface area contributed by atoms with Crippen molar-refractivity contribution in [2.24, 2.45) is 5.92 Å². The third kappa shape index (κ3) is 5.23. The van der Waals surface area contributed by atoms with Crippen molar-refractivity contribution in [3.05, 3.63) is 59.7 Å². The summed E-state index contributed by atoms with van der Waals surface area (Å²) in [4.78, 5) is 18.9. The highest BCUT2D eigenvalue weighted by Gasteiger charge is 2.27. The van der Waals surface area contributed by atoms with Crippen LogP contribution in [0.4, 0.5) is 4.79 Å². The molecule has 1 saturated heterocycles. The van der Waals surface area contributed by atoms with Gasteiger partial charge in [-0.05, 0) is 69.7 Å². The number of para-hydroxylation sites is 2. The fourth-order valence-corrected chi connectivity index (χ4v) is 4.08. The largest absolute Gasteiger partial charge is 0.464 e. The lowest BCUT2D eigenvalue weighted by Gasteiger charge is -2.33. The maximum atomic E-state index is 12.3. The van der Waals surface area contributed by atoms with Crippen LogP contribution in [0.15, 0.2) is 48.5 Å². The Kier molecular flexibility index (Phi) is 6.40. The van der Waals surface area contributed by atoms with Crippen molar-refractivity contribution in [2.45, 2.75) is 52.7 Å². The highest BCUT2D eigenvalue weighted by atomic mass is 16.6. The van der Waals surface area contributed by atoms with Gasteiger partial charge in [0.05, 0.1) is 24.2 Å². The van der Waals surface area contributed by atoms with E-state index in [4.69, 9.17) is 14.5 Å². The second-order valence-electron chi connectivity index (χ2n) is 9.62. The van der Waals surface area contributed by atoms with E-state index in [1.807, 2.05) is 39.0 Å². The topological polar surface area (TPSA) is 56.6 Å². The average Bonchev–Trinajstić information content (AvgIpc) is 3.10. The van der Waals surface area contributed by atoms with Gasteiger partial charge in [0.2, 0.25) is 0 Å². The maximum absolute atomic E-state index is 12.3. The lowest BCUT2D eigenvalue weighted by atomic mass is 9.98. The molecule has 1 amide bonds. The van der Waals surface area contributed by atoms with Gasteiger partial charge in [0.25, 0.3) is 6.01 Å². The number of likely N-dealkylation sites (tertiary alicyclic amines) is 1. The fraction of sp³-hybridized carbons (Fsp3) is 0.462. The molecule has 0 spiro atoms. The molecule has 1 aliphatic heterocycles. The van der Waals surface area contributed by atoms with E-state index in [9.17, 15) is 4.79 Å². The molecule has 0 aliphatic carbocycles. The first-order valence-corrected chi connectivity index (χ1v) is 11.4. The summed E-state index contributed by atoms with van der Waals surface area (Å²) in [5, 5.41) is 0. The molecule has 6 nitrogen and oxygen atoms in total. The van der Waals surface area contributed by atoms with E-state index in [1.54, 1.807) is 4.90 Å². The van der Waals surface area contributed by atoms with Crippen LogP contribution in [-0.4, -0.2) is 45.8 Å². The molecule has 2 heterocycles. The smallest absolute Gasteiger partial charge is 0.410 e. The second kappa shape index (κ2) is 9.23. The summed E-state index contributed by atoms with van der Waals surface area (Å²) in [5.74, 6) is 0.389. The molecular formula is C26H33N3O3. The summed E-state index contributed by atoms with van der Waals surface area (Å²) in [7, 11) is 0. The van der Waals surface area contributed by atoms with Crippen LogP contribution >= 0.6 is 0 Å². The van der Waals surface area contributed by atoms with E-state index in [2.05, 4.69) is 41.8 Å². The Hall–Kier alpha value is -3.02. The van der Waals surface area contributed by atoms with Gasteiger partial charge in [-0.2, -0.15) is 4.98 Å². The molecule has 0 saturated carbocycles. The number of aryl methyl sites for hydroxylation is 1. The Morgan fingerprint density at radius 2 is 1.75 bits per heavy atom. The number of aromatic nitrogens is 2. The first-order valence-electron chi connectivity index (χ1n) is 11.4. The van der Waals surface area contributed by atoms with Gasteiger partial charge in [-0.1, -0.05) is 36.4 Å². The molecule has 6 heteroatoms. The average molecular weight is 436 g/mol. The van der Waals surface area contributed by atoms with E-state index >= 15 is 0 Å². The van der Waals surface area contributed by atoms with Gasteiger partial charge >= 0.3 is 6.09 Å². The van der Waals surface area contributed by atoms with E-state index < -0.39 is 5.60 Å². The van der Waals surface area contributed by atoms with Gasteiger partial charge in [-0.25, -0.2) is 4.79 Å². The zero-order valence-electron chi connectivity index (χ0n) is 19.5. The van der Waals surface area contributed by atoms with Gasteiger partial charge in [0.15, 0.2) is 0 Å². The van der Waals surface area contributed by atoms with Crippen LogP contribution in [0.5, 0.6) is 6.01 Å². The molecular weight excluding hydrogens is 402 g/mol. The van der Waals surface area contributed by atoms with Gasteiger partial charge in [0.1, 0.15) is 5.60 Å². The van der Waals surface area contributed by atoms with Gasteiger partial charge < -0.3 is 14.4 Å². The number of hydrogen-bond donors (Lipinski definition) is 0. The van der Waals surface area contributed by atoms with Crippen LogP contribution in [0, 0.1) is 12.8 Å². The first kappa shape index (κ1) is 22.2. The van der Waals surface area contributed by atoms with E-state index in [-0.39, 0.29) is 6.09 Å². The monoisotopic (exact) mass is 435 g/mol. The minimum atomic E-state index is -0.465. The van der Waals surface area contributed by atoms with Gasteiger partial charge in [-0.3, -0.25) is 4.57 Å². The molecule has 0 atom stereocenters. The second-order valence-corrected chi connectivity index (χ2v) is 9.62. The number of ether oxygens (including phenoxy) is 2. The first-order chi connectivity index (χ1) is 15.3. The number of fused-ring (bicyclic) bond motifs is 1. The van der Waals surface area contributed by atoms with Crippen LogP contribution in [0.2, 0.25) is 0 Å². The van der Waals surface area contributed by atoms with Crippen molar-refractivity contribution in [1.82, 2.24) is 14.5 Å². The van der Waals surface area contributed by atoms with E-state index in [0.29, 0.717) is 31.6 Å². The predicted octanol–water partition coefficient (Wildman–Crippen LogP) is 5.42. The number of carbonyl (C=O) groups excluding carboxylic acids is 1. The van der Waals surface area contributed by atoms with Crippen LogP contribution in [0.3, 0.4) is 0 Å². The number of amides is 1. The summed E-state index contributed by atoms with van der Waals surface area (Å²) in [6.45, 7) is 10.5. The summed E-state index contributed by atoms with van der Waals surface area (Å²) in [5.41, 5.74) is 4.06. The molecule has 0 bridgehead atoms. The van der Waals surface area contributed by atoms with Crippen molar-refractivity contribution in [3.63, 3.8) is 0 Å². The highest BCUT2D eigenvalue weighted by Crippen LogP contribution is 2.26. The van der Waals surface area contributed by atoms with Gasteiger partial charge in [0, 0.05) is 13.1 Å². The molecule has 0 radical (unpaired) electrons. The molecule has 170 valence electrons. The van der Waals surface area contributed by atoms with Crippen molar-refractivity contribution in [1.29, 1.82) is 0 Å². The van der Waals surface area contributed by atoms with Crippen molar-refractivity contribution < 1.29 is 14.3 Å². The fourth-order valence-electron chi connectivity index (χ4n) is 4.08. The molecule has 4 rings (SSSR count).